The van der Waals surface area contributed by atoms with Crippen LogP contribution in [0.3, 0.4) is 0 Å². The average Bonchev–Trinajstić information content (AvgIpc) is 2.40. The van der Waals surface area contributed by atoms with E-state index in [1.54, 1.807) is 0 Å². The number of benzene rings is 2. The zero-order valence-electron chi connectivity index (χ0n) is 11.8. The molecule has 0 saturated heterocycles. The third kappa shape index (κ3) is 3.40. The monoisotopic (exact) mass is 289 g/mol. The zero-order chi connectivity index (χ0) is 14.7. The lowest BCUT2D eigenvalue weighted by molar-refractivity contribution is 0.147. The van der Waals surface area contributed by atoms with Gasteiger partial charge in [-0.25, -0.2) is 0 Å². The molecule has 0 heterocycles. The van der Waals surface area contributed by atoms with Gasteiger partial charge in [0.15, 0.2) is 0 Å². The van der Waals surface area contributed by atoms with Crippen molar-refractivity contribution in [2.45, 2.75) is 25.9 Å². The van der Waals surface area contributed by atoms with Crippen LogP contribution in [0.25, 0.3) is 0 Å². The SMILES string of the molecule is Cc1cc(C)cc(C(O)C(CN)c2ccc(Cl)cc2)c1. The Morgan fingerprint density at radius 1 is 1.00 bits per heavy atom. The fourth-order valence-electron chi connectivity index (χ4n) is 2.57. The van der Waals surface area contributed by atoms with Crippen molar-refractivity contribution in [1.82, 2.24) is 0 Å². The molecule has 0 aromatic heterocycles. The Hall–Kier alpha value is -1.35. The Morgan fingerprint density at radius 3 is 2.05 bits per heavy atom. The largest absolute Gasteiger partial charge is 0.388 e. The molecule has 20 heavy (non-hydrogen) atoms. The van der Waals surface area contributed by atoms with Crippen LogP contribution in [0.4, 0.5) is 0 Å². The van der Waals surface area contributed by atoms with Gasteiger partial charge in [-0.3, -0.25) is 0 Å². The Balaban J connectivity index is 2.33. The van der Waals surface area contributed by atoms with Gasteiger partial charge < -0.3 is 10.8 Å². The Kier molecular flexibility index (Phi) is 4.81. The van der Waals surface area contributed by atoms with E-state index in [-0.39, 0.29) is 5.92 Å². The summed E-state index contributed by atoms with van der Waals surface area (Å²) < 4.78 is 0. The van der Waals surface area contributed by atoms with E-state index in [0.29, 0.717) is 11.6 Å². The lowest BCUT2D eigenvalue weighted by Gasteiger charge is -2.23. The van der Waals surface area contributed by atoms with Gasteiger partial charge in [-0.05, 0) is 37.1 Å². The first kappa shape index (κ1) is 15.0. The number of halogens is 1. The summed E-state index contributed by atoms with van der Waals surface area (Å²) in [6, 6.07) is 13.6. The molecule has 2 aromatic rings. The van der Waals surface area contributed by atoms with Crippen molar-refractivity contribution in [1.29, 1.82) is 0 Å². The molecular weight excluding hydrogens is 270 g/mol. The zero-order valence-corrected chi connectivity index (χ0v) is 12.6. The molecule has 0 fully saturated rings. The topological polar surface area (TPSA) is 46.2 Å². The summed E-state index contributed by atoms with van der Waals surface area (Å²) in [5, 5.41) is 11.3. The van der Waals surface area contributed by atoms with Gasteiger partial charge in [0.05, 0.1) is 6.10 Å². The smallest absolute Gasteiger partial charge is 0.0870 e. The summed E-state index contributed by atoms with van der Waals surface area (Å²) in [6.07, 6.45) is -0.611. The quantitative estimate of drug-likeness (QED) is 0.901. The lowest BCUT2D eigenvalue weighted by atomic mass is 9.88. The summed E-state index contributed by atoms with van der Waals surface area (Å²) in [5.74, 6) is -0.131. The van der Waals surface area contributed by atoms with Gasteiger partial charge in [-0.2, -0.15) is 0 Å². The maximum Gasteiger partial charge on any atom is 0.0870 e. The van der Waals surface area contributed by atoms with Crippen LogP contribution in [0.1, 0.15) is 34.3 Å². The number of hydrogen-bond acceptors (Lipinski definition) is 2. The van der Waals surface area contributed by atoms with Gasteiger partial charge in [0.2, 0.25) is 0 Å². The van der Waals surface area contributed by atoms with Gasteiger partial charge in [0.25, 0.3) is 0 Å². The summed E-state index contributed by atoms with van der Waals surface area (Å²) >= 11 is 5.90. The molecule has 2 rings (SSSR count). The fourth-order valence-corrected chi connectivity index (χ4v) is 2.70. The van der Waals surface area contributed by atoms with Crippen LogP contribution in [0.5, 0.6) is 0 Å². The van der Waals surface area contributed by atoms with Gasteiger partial charge in [0.1, 0.15) is 0 Å². The second-order valence-electron chi connectivity index (χ2n) is 5.26. The van der Waals surface area contributed by atoms with Gasteiger partial charge in [0, 0.05) is 17.5 Å². The van der Waals surface area contributed by atoms with Crippen molar-refractivity contribution >= 4 is 11.6 Å². The highest BCUT2D eigenvalue weighted by Crippen LogP contribution is 2.31. The van der Waals surface area contributed by atoms with Gasteiger partial charge >= 0.3 is 0 Å². The molecule has 2 unspecified atom stereocenters. The molecular formula is C17H20ClNO. The average molecular weight is 290 g/mol. The molecule has 0 aliphatic rings. The first-order chi connectivity index (χ1) is 9.51. The second kappa shape index (κ2) is 6.40. The molecule has 0 spiro atoms. The molecule has 3 N–H and O–H groups in total. The van der Waals surface area contributed by atoms with Gasteiger partial charge in [-0.1, -0.05) is 53.1 Å². The molecule has 106 valence electrons. The molecule has 2 nitrogen and oxygen atoms in total. The van der Waals surface area contributed by atoms with Crippen LogP contribution in [0.15, 0.2) is 42.5 Å². The molecule has 3 heteroatoms. The normalized spacial score (nSPS) is 14.1. The molecule has 0 radical (unpaired) electrons. The minimum atomic E-state index is -0.611. The Labute approximate surface area is 125 Å². The predicted molar refractivity (Wildman–Crippen MR) is 84.1 cm³/mol. The van der Waals surface area contributed by atoms with E-state index < -0.39 is 6.10 Å². The van der Waals surface area contributed by atoms with E-state index >= 15 is 0 Å². The summed E-state index contributed by atoms with van der Waals surface area (Å²) in [5.41, 5.74) is 10.1. The van der Waals surface area contributed by atoms with Crippen LogP contribution in [0.2, 0.25) is 5.02 Å². The van der Waals surface area contributed by atoms with E-state index in [4.69, 9.17) is 17.3 Å². The number of hydrogen-bond donors (Lipinski definition) is 2. The van der Waals surface area contributed by atoms with Crippen molar-refractivity contribution in [3.05, 3.63) is 69.7 Å². The number of nitrogens with two attached hydrogens (primary N) is 1. The first-order valence-corrected chi connectivity index (χ1v) is 7.11. The van der Waals surface area contributed by atoms with Crippen LogP contribution in [0, 0.1) is 13.8 Å². The molecule has 0 aliphatic heterocycles. The lowest BCUT2D eigenvalue weighted by Crippen LogP contribution is -2.20. The van der Waals surface area contributed by atoms with E-state index in [2.05, 4.69) is 6.07 Å². The molecule has 0 aliphatic carbocycles. The molecule has 0 saturated carbocycles. The van der Waals surface area contributed by atoms with Crippen molar-refractivity contribution < 1.29 is 5.11 Å². The van der Waals surface area contributed by atoms with E-state index in [1.807, 2.05) is 50.2 Å². The third-order valence-corrected chi connectivity index (χ3v) is 3.77. The standard InChI is InChI=1S/C17H20ClNO/c1-11-7-12(2)9-14(8-11)17(20)16(10-19)13-3-5-15(18)6-4-13/h3-9,16-17,20H,10,19H2,1-2H3. The Morgan fingerprint density at radius 2 is 1.55 bits per heavy atom. The highest BCUT2D eigenvalue weighted by molar-refractivity contribution is 6.30. The highest BCUT2D eigenvalue weighted by atomic mass is 35.5. The number of rotatable bonds is 4. The fraction of sp³-hybridized carbons (Fsp3) is 0.294. The summed E-state index contributed by atoms with van der Waals surface area (Å²) in [7, 11) is 0. The minimum absolute atomic E-state index is 0.131. The summed E-state index contributed by atoms with van der Waals surface area (Å²) in [4.78, 5) is 0. The van der Waals surface area contributed by atoms with Crippen molar-refractivity contribution in [2.75, 3.05) is 6.54 Å². The number of aryl methyl sites for hydroxylation is 2. The maximum absolute atomic E-state index is 10.6. The molecule has 2 aromatic carbocycles. The van der Waals surface area contributed by atoms with Gasteiger partial charge in [-0.15, -0.1) is 0 Å². The number of aliphatic hydroxyl groups excluding tert-OH is 1. The van der Waals surface area contributed by atoms with E-state index in [9.17, 15) is 5.11 Å². The number of aliphatic hydroxyl groups is 1. The molecule has 0 amide bonds. The van der Waals surface area contributed by atoms with Crippen LogP contribution in [-0.4, -0.2) is 11.7 Å². The summed E-state index contributed by atoms with van der Waals surface area (Å²) in [6.45, 7) is 4.45. The first-order valence-electron chi connectivity index (χ1n) is 6.73. The van der Waals surface area contributed by atoms with E-state index in [0.717, 1.165) is 22.3 Å². The van der Waals surface area contributed by atoms with Crippen LogP contribution in [-0.2, 0) is 0 Å². The molecule has 0 bridgehead atoms. The maximum atomic E-state index is 10.6. The van der Waals surface area contributed by atoms with Crippen LogP contribution < -0.4 is 5.73 Å². The van der Waals surface area contributed by atoms with Crippen molar-refractivity contribution in [2.24, 2.45) is 5.73 Å². The van der Waals surface area contributed by atoms with Crippen LogP contribution >= 0.6 is 11.6 Å². The third-order valence-electron chi connectivity index (χ3n) is 3.52. The molecule has 2 atom stereocenters. The minimum Gasteiger partial charge on any atom is -0.388 e. The van der Waals surface area contributed by atoms with Crippen molar-refractivity contribution in [3.63, 3.8) is 0 Å². The highest BCUT2D eigenvalue weighted by Gasteiger charge is 2.21. The second-order valence-corrected chi connectivity index (χ2v) is 5.70. The van der Waals surface area contributed by atoms with E-state index in [1.165, 1.54) is 0 Å². The van der Waals surface area contributed by atoms with Crippen molar-refractivity contribution in [3.8, 4) is 0 Å². The Bertz CT molecular complexity index is 560. The predicted octanol–water partition coefficient (Wildman–Crippen LogP) is 3.73.